The van der Waals surface area contributed by atoms with Gasteiger partial charge in [0.25, 0.3) is 0 Å². The number of hydrogen-bond acceptors (Lipinski definition) is 2. The zero-order valence-corrected chi connectivity index (χ0v) is 10.0. The summed E-state index contributed by atoms with van der Waals surface area (Å²) in [6.07, 6.45) is 3.98. The molecule has 3 atom stereocenters. The summed E-state index contributed by atoms with van der Waals surface area (Å²) in [4.78, 5) is 2.50. The summed E-state index contributed by atoms with van der Waals surface area (Å²) in [5, 5.41) is 0.816. The standard InChI is InChI=1S/C13H17ClN2/c14-10-2-1-3-11(7-10)16-12-5-4-9(6-12)13(16)8-15/h1-3,7,9,12-13H,4-6,8,15H2. The van der Waals surface area contributed by atoms with Gasteiger partial charge in [-0.25, -0.2) is 0 Å². The molecule has 1 heterocycles. The molecule has 0 radical (unpaired) electrons. The molecule has 0 spiro atoms. The van der Waals surface area contributed by atoms with Gasteiger partial charge in [0.2, 0.25) is 0 Å². The highest BCUT2D eigenvalue weighted by atomic mass is 35.5. The van der Waals surface area contributed by atoms with Crippen LogP contribution in [-0.2, 0) is 0 Å². The summed E-state index contributed by atoms with van der Waals surface area (Å²) < 4.78 is 0. The third-order valence-corrected chi connectivity index (χ3v) is 4.32. The third-order valence-electron chi connectivity index (χ3n) is 4.09. The molecule has 3 unspecified atom stereocenters. The van der Waals surface area contributed by atoms with Crippen molar-refractivity contribution in [3.8, 4) is 0 Å². The fourth-order valence-electron chi connectivity index (χ4n) is 3.44. The molecule has 0 aromatic heterocycles. The molecule has 2 aliphatic rings. The molecule has 2 N–H and O–H groups in total. The van der Waals surface area contributed by atoms with Gasteiger partial charge in [-0.05, 0) is 43.4 Å². The van der Waals surface area contributed by atoms with E-state index in [1.807, 2.05) is 12.1 Å². The van der Waals surface area contributed by atoms with Crippen LogP contribution in [0.3, 0.4) is 0 Å². The largest absolute Gasteiger partial charge is 0.364 e. The van der Waals surface area contributed by atoms with Crippen molar-refractivity contribution in [1.29, 1.82) is 0 Å². The average molecular weight is 237 g/mol. The fraction of sp³-hybridized carbons (Fsp3) is 0.538. The zero-order valence-electron chi connectivity index (χ0n) is 9.27. The second-order valence-electron chi connectivity index (χ2n) is 4.92. The van der Waals surface area contributed by atoms with Gasteiger partial charge in [-0.1, -0.05) is 17.7 Å². The van der Waals surface area contributed by atoms with Crippen molar-refractivity contribution in [2.45, 2.75) is 31.3 Å². The van der Waals surface area contributed by atoms with Gasteiger partial charge >= 0.3 is 0 Å². The maximum Gasteiger partial charge on any atom is 0.0444 e. The second kappa shape index (κ2) is 3.94. The summed E-state index contributed by atoms with van der Waals surface area (Å²) in [6, 6.07) is 9.38. The lowest BCUT2D eigenvalue weighted by atomic mass is 9.98. The molecular formula is C13H17ClN2. The molecule has 1 aliphatic heterocycles. The minimum Gasteiger partial charge on any atom is -0.364 e. The van der Waals surface area contributed by atoms with Crippen molar-refractivity contribution in [2.24, 2.45) is 11.7 Å². The van der Waals surface area contributed by atoms with Gasteiger partial charge in [-0.3, -0.25) is 0 Å². The Morgan fingerprint density at radius 2 is 2.25 bits per heavy atom. The summed E-state index contributed by atoms with van der Waals surface area (Å²) >= 11 is 6.06. The monoisotopic (exact) mass is 236 g/mol. The number of benzene rings is 1. The third kappa shape index (κ3) is 1.52. The topological polar surface area (TPSA) is 29.3 Å². The lowest BCUT2D eigenvalue weighted by Crippen LogP contribution is -2.45. The molecule has 3 rings (SSSR count). The van der Waals surface area contributed by atoms with Crippen molar-refractivity contribution >= 4 is 17.3 Å². The molecule has 16 heavy (non-hydrogen) atoms. The molecule has 1 aromatic carbocycles. The first-order valence-electron chi connectivity index (χ1n) is 6.03. The smallest absolute Gasteiger partial charge is 0.0444 e. The molecule has 3 heteroatoms. The molecule has 1 aliphatic carbocycles. The van der Waals surface area contributed by atoms with Gasteiger partial charge in [0.1, 0.15) is 0 Å². The highest BCUT2D eigenvalue weighted by Gasteiger charge is 2.44. The van der Waals surface area contributed by atoms with Crippen molar-refractivity contribution in [3.05, 3.63) is 29.3 Å². The lowest BCUT2D eigenvalue weighted by Gasteiger charge is -2.36. The van der Waals surface area contributed by atoms with E-state index in [0.717, 1.165) is 17.5 Å². The van der Waals surface area contributed by atoms with E-state index in [0.29, 0.717) is 12.1 Å². The molecule has 86 valence electrons. The number of anilines is 1. The average Bonchev–Trinajstić information content (AvgIpc) is 2.88. The van der Waals surface area contributed by atoms with Crippen LogP contribution in [0.5, 0.6) is 0 Å². The van der Waals surface area contributed by atoms with Crippen LogP contribution >= 0.6 is 11.6 Å². The van der Waals surface area contributed by atoms with Crippen LogP contribution in [0.15, 0.2) is 24.3 Å². The fourth-order valence-corrected chi connectivity index (χ4v) is 3.62. The SMILES string of the molecule is NCC1C2CCC(C2)N1c1cccc(Cl)c1. The maximum atomic E-state index is 6.06. The molecule has 2 bridgehead atoms. The first-order chi connectivity index (χ1) is 7.79. The van der Waals surface area contributed by atoms with Gasteiger partial charge in [0.05, 0.1) is 0 Å². The number of fused-ring (bicyclic) bond motifs is 2. The minimum atomic E-state index is 0.525. The first kappa shape index (κ1) is 10.4. The van der Waals surface area contributed by atoms with Gasteiger partial charge < -0.3 is 10.6 Å². The highest BCUT2D eigenvalue weighted by molar-refractivity contribution is 6.30. The number of piperidine rings is 1. The number of nitrogens with two attached hydrogens (primary N) is 1. The number of hydrogen-bond donors (Lipinski definition) is 1. The van der Waals surface area contributed by atoms with Crippen molar-refractivity contribution < 1.29 is 0 Å². The Hall–Kier alpha value is -0.730. The predicted octanol–water partition coefficient (Wildman–Crippen LogP) is 2.66. The van der Waals surface area contributed by atoms with Gasteiger partial charge in [0.15, 0.2) is 0 Å². The quantitative estimate of drug-likeness (QED) is 0.856. The molecule has 2 nitrogen and oxygen atoms in total. The van der Waals surface area contributed by atoms with Crippen molar-refractivity contribution in [1.82, 2.24) is 0 Å². The Bertz CT molecular complexity index is 393. The lowest BCUT2D eigenvalue weighted by molar-refractivity contribution is 0.435. The van der Waals surface area contributed by atoms with Crippen LogP contribution in [0, 0.1) is 5.92 Å². The van der Waals surface area contributed by atoms with Crippen LogP contribution in [-0.4, -0.2) is 18.6 Å². The molecule has 1 saturated heterocycles. The van der Waals surface area contributed by atoms with Crippen LogP contribution in [0.25, 0.3) is 0 Å². The van der Waals surface area contributed by atoms with E-state index in [-0.39, 0.29) is 0 Å². The van der Waals surface area contributed by atoms with Gasteiger partial charge in [-0.2, -0.15) is 0 Å². The Morgan fingerprint density at radius 3 is 3.00 bits per heavy atom. The van der Waals surface area contributed by atoms with E-state index in [1.54, 1.807) is 0 Å². The van der Waals surface area contributed by atoms with Crippen molar-refractivity contribution in [3.63, 3.8) is 0 Å². The highest BCUT2D eigenvalue weighted by Crippen LogP contribution is 2.44. The molecule has 1 aromatic rings. The van der Waals surface area contributed by atoms with Crippen LogP contribution in [0.4, 0.5) is 5.69 Å². The normalized spacial score (nSPS) is 32.4. The summed E-state index contributed by atoms with van der Waals surface area (Å²) in [5.41, 5.74) is 7.16. The minimum absolute atomic E-state index is 0.525. The zero-order chi connectivity index (χ0) is 11.1. The maximum absolute atomic E-state index is 6.06. The Labute approximate surface area is 101 Å². The van der Waals surface area contributed by atoms with Crippen LogP contribution in [0.1, 0.15) is 19.3 Å². The van der Waals surface area contributed by atoms with E-state index in [2.05, 4.69) is 17.0 Å². The Balaban J connectivity index is 1.94. The number of nitrogens with zero attached hydrogens (tertiary/aromatic N) is 1. The molecule has 0 amide bonds. The van der Waals surface area contributed by atoms with Gasteiger partial charge in [-0.15, -0.1) is 0 Å². The Morgan fingerprint density at radius 1 is 1.38 bits per heavy atom. The van der Waals surface area contributed by atoms with E-state index >= 15 is 0 Å². The second-order valence-corrected chi connectivity index (χ2v) is 5.35. The number of halogens is 1. The van der Waals surface area contributed by atoms with Crippen LogP contribution < -0.4 is 10.6 Å². The Kier molecular flexibility index (Phi) is 2.56. The molecular weight excluding hydrogens is 220 g/mol. The summed E-state index contributed by atoms with van der Waals surface area (Å²) in [5.74, 6) is 0.800. The molecule has 2 fully saturated rings. The summed E-state index contributed by atoms with van der Waals surface area (Å²) in [6.45, 7) is 0.758. The van der Waals surface area contributed by atoms with E-state index in [4.69, 9.17) is 17.3 Å². The summed E-state index contributed by atoms with van der Waals surface area (Å²) in [7, 11) is 0. The molecule has 1 saturated carbocycles. The van der Waals surface area contributed by atoms with E-state index in [9.17, 15) is 0 Å². The van der Waals surface area contributed by atoms with E-state index in [1.165, 1.54) is 24.9 Å². The van der Waals surface area contributed by atoms with Crippen LogP contribution in [0.2, 0.25) is 5.02 Å². The van der Waals surface area contributed by atoms with E-state index < -0.39 is 0 Å². The predicted molar refractivity (Wildman–Crippen MR) is 67.9 cm³/mol. The van der Waals surface area contributed by atoms with Crippen molar-refractivity contribution in [2.75, 3.05) is 11.4 Å². The first-order valence-corrected chi connectivity index (χ1v) is 6.41. The van der Waals surface area contributed by atoms with Gasteiger partial charge in [0, 0.05) is 29.3 Å². The number of rotatable bonds is 2.